The molecule has 2 aliphatic rings. The van der Waals surface area contributed by atoms with E-state index in [-0.39, 0.29) is 12.7 Å². The van der Waals surface area contributed by atoms with Crippen LogP contribution in [0.25, 0.3) is 0 Å². The summed E-state index contributed by atoms with van der Waals surface area (Å²) in [5, 5.41) is 0. The molecule has 0 radical (unpaired) electrons. The van der Waals surface area contributed by atoms with Crippen LogP contribution in [0.1, 0.15) is 52.0 Å². The van der Waals surface area contributed by atoms with Crippen molar-refractivity contribution in [2.24, 2.45) is 11.8 Å². The molecule has 26 heavy (non-hydrogen) atoms. The van der Waals surface area contributed by atoms with Crippen molar-refractivity contribution < 1.29 is 19.0 Å². The van der Waals surface area contributed by atoms with Crippen LogP contribution >= 0.6 is 0 Å². The molecular weight excluding hydrogens is 330 g/mol. The van der Waals surface area contributed by atoms with Gasteiger partial charge in [-0.2, -0.15) is 0 Å². The van der Waals surface area contributed by atoms with Crippen molar-refractivity contribution in [3.8, 4) is 11.5 Å². The average molecular weight is 361 g/mol. The second-order valence-electron chi connectivity index (χ2n) is 7.49. The average Bonchev–Trinajstić information content (AvgIpc) is 3.10. The van der Waals surface area contributed by atoms with E-state index in [0.717, 1.165) is 23.5 Å². The molecule has 1 aliphatic carbocycles. The summed E-state index contributed by atoms with van der Waals surface area (Å²) in [6.07, 6.45) is 3.96. The molecule has 5 nitrogen and oxygen atoms in total. The Labute approximate surface area is 156 Å². The predicted octanol–water partition coefficient (Wildman–Crippen LogP) is 4.00. The molecule has 0 aromatic heterocycles. The third-order valence-electron chi connectivity index (χ3n) is 5.84. The summed E-state index contributed by atoms with van der Waals surface area (Å²) in [6.45, 7) is 8.57. The maximum absolute atomic E-state index is 13.0. The van der Waals surface area contributed by atoms with Gasteiger partial charge in [0.05, 0.1) is 13.0 Å². The first kappa shape index (κ1) is 19.0. The van der Waals surface area contributed by atoms with Gasteiger partial charge >= 0.3 is 0 Å². The zero-order valence-electron chi connectivity index (χ0n) is 16.2. The van der Waals surface area contributed by atoms with E-state index in [9.17, 15) is 4.79 Å². The van der Waals surface area contributed by atoms with Crippen LogP contribution in [0.3, 0.4) is 0 Å². The summed E-state index contributed by atoms with van der Waals surface area (Å²) in [6, 6.07) is 6.27. The molecule has 144 valence electrons. The quantitative estimate of drug-likeness (QED) is 0.689. The minimum atomic E-state index is 0.182. The molecule has 3 rings (SSSR count). The molecule has 0 saturated heterocycles. The minimum absolute atomic E-state index is 0.182. The lowest BCUT2D eigenvalue weighted by molar-refractivity contribution is -0.138. The maximum atomic E-state index is 13.0. The third-order valence-corrected chi connectivity index (χ3v) is 5.84. The number of hydrogen-bond donors (Lipinski definition) is 0. The lowest BCUT2D eigenvalue weighted by Crippen LogP contribution is -2.47. The molecule has 5 heteroatoms. The van der Waals surface area contributed by atoms with Crippen LogP contribution < -0.4 is 9.47 Å². The SMILES string of the molecule is CCOCCC(=O)N(Cc1ccc2c(c1)OCO2)C1CCCC(C)C1C. The lowest BCUT2D eigenvalue weighted by Gasteiger charge is -2.42. The van der Waals surface area contributed by atoms with Crippen LogP contribution in [0.4, 0.5) is 0 Å². The fourth-order valence-electron chi connectivity index (χ4n) is 4.07. The van der Waals surface area contributed by atoms with Gasteiger partial charge in [-0.3, -0.25) is 4.79 Å². The smallest absolute Gasteiger partial charge is 0.231 e. The fraction of sp³-hybridized carbons (Fsp3) is 0.667. The zero-order chi connectivity index (χ0) is 18.5. The number of amides is 1. The Bertz CT molecular complexity index is 618. The van der Waals surface area contributed by atoms with Crippen molar-refractivity contribution in [1.29, 1.82) is 0 Å². The first-order valence-electron chi connectivity index (χ1n) is 9.86. The van der Waals surface area contributed by atoms with Crippen molar-refractivity contribution in [3.05, 3.63) is 23.8 Å². The van der Waals surface area contributed by atoms with E-state index in [4.69, 9.17) is 14.2 Å². The van der Waals surface area contributed by atoms with Crippen molar-refractivity contribution >= 4 is 5.91 Å². The first-order valence-corrected chi connectivity index (χ1v) is 9.86. The topological polar surface area (TPSA) is 48.0 Å². The van der Waals surface area contributed by atoms with E-state index in [2.05, 4.69) is 18.7 Å². The number of nitrogens with zero attached hydrogens (tertiary/aromatic N) is 1. The second-order valence-corrected chi connectivity index (χ2v) is 7.49. The Morgan fingerprint density at radius 2 is 2.04 bits per heavy atom. The number of rotatable bonds is 7. The summed E-state index contributed by atoms with van der Waals surface area (Å²) in [7, 11) is 0. The molecule has 1 aliphatic heterocycles. The van der Waals surface area contributed by atoms with Crippen LogP contribution in [-0.2, 0) is 16.1 Å². The van der Waals surface area contributed by atoms with Crippen LogP contribution in [-0.4, -0.2) is 36.9 Å². The molecule has 1 amide bonds. The van der Waals surface area contributed by atoms with Gasteiger partial charge in [-0.1, -0.05) is 32.8 Å². The summed E-state index contributed by atoms with van der Waals surface area (Å²) in [5.74, 6) is 2.89. The minimum Gasteiger partial charge on any atom is -0.454 e. The largest absolute Gasteiger partial charge is 0.454 e. The zero-order valence-corrected chi connectivity index (χ0v) is 16.2. The van der Waals surface area contributed by atoms with Crippen molar-refractivity contribution in [1.82, 2.24) is 4.90 Å². The third kappa shape index (κ3) is 4.32. The highest BCUT2D eigenvalue weighted by Crippen LogP contribution is 2.36. The van der Waals surface area contributed by atoms with Gasteiger partial charge in [-0.15, -0.1) is 0 Å². The van der Waals surface area contributed by atoms with Gasteiger partial charge in [0, 0.05) is 19.2 Å². The molecule has 1 aromatic rings. The van der Waals surface area contributed by atoms with E-state index < -0.39 is 0 Å². The molecule has 1 saturated carbocycles. The molecule has 0 N–H and O–H groups in total. The van der Waals surface area contributed by atoms with E-state index in [1.165, 1.54) is 12.8 Å². The Morgan fingerprint density at radius 1 is 1.23 bits per heavy atom. The molecule has 3 atom stereocenters. The van der Waals surface area contributed by atoms with Gasteiger partial charge in [-0.25, -0.2) is 0 Å². The maximum Gasteiger partial charge on any atom is 0.231 e. The van der Waals surface area contributed by atoms with Crippen molar-refractivity contribution in [2.45, 2.75) is 59.0 Å². The number of fused-ring (bicyclic) bond motifs is 1. The molecule has 0 spiro atoms. The van der Waals surface area contributed by atoms with Gasteiger partial charge < -0.3 is 19.1 Å². The van der Waals surface area contributed by atoms with E-state index in [1.54, 1.807) is 0 Å². The number of carbonyl (C=O) groups excluding carboxylic acids is 1. The number of benzene rings is 1. The van der Waals surface area contributed by atoms with Gasteiger partial charge in [-0.05, 0) is 42.9 Å². The first-order chi connectivity index (χ1) is 12.6. The normalized spacial score (nSPS) is 24.5. The Hall–Kier alpha value is -1.75. The monoisotopic (exact) mass is 361 g/mol. The highest BCUT2D eigenvalue weighted by molar-refractivity contribution is 5.76. The van der Waals surface area contributed by atoms with Crippen molar-refractivity contribution in [2.75, 3.05) is 20.0 Å². The summed E-state index contributed by atoms with van der Waals surface area (Å²) < 4.78 is 16.3. The summed E-state index contributed by atoms with van der Waals surface area (Å²) >= 11 is 0. The van der Waals surface area contributed by atoms with Crippen LogP contribution in [0, 0.1) is 11.8 Å². The molecule has 1 heterocycles. The molecule has 1 fully saturated rings. The number of ether oxygens (including phenoxy) is 3. The number of carbonyl (C=O) groups is 1. The highest BCUT2D eigenvalue weighted by Gasteiger charge is 2.34. The molecular formula is C21H31NO4. The lowest BCUT2D eigenvalue weighted by atomic mass is 9.77. The van der Waals surface area contributed by atoms with Crippen LogP contribution in [0.15, 0.2) is 18.2 Å². The van der Waals surface area contributed by atoms with Gasteiger partial charge in [0.15, 0.2) is 11.5 Å². The molecule has 0 bridgehead atoms. The van der Waals surface area contributed by atoms with E-state index in [1.807, 2.05) is 25.1 Å². The second kappa shape index (κ2) is 8.76. The van der Waals surface area contributed by atoms with Crippen molar-refractivity contribution in [3.63, 3.8) is 0 Å². The fourth-order valence-corrected chi connectivity index (χ4v) is 4.07. The Kier molecular flexibility index (Phi) is 6.41. The molecule has 3 unspecified atom stereocenters. The van der Waals surface area contributed by atoms with Gasteiger partial charge in [0.25, 0.3) is 0 Å². The molecule has 1 aromatic carbocycles. The van der Waals surface area contributed by atoms with Crippen LogP contribution in [0.5, 0.6) is 11.5 Å². The van der Waals surface area contributed by atoms with Gasteiger partial charge in [0.2, 0.25) is 12.7 Å². The van der Waals surface area contributed by atoms with E-state index >= 15 is 0 Å². The van der Waals surface area contributed by atoms with Gasteiger partial charge in [0.1, 0.15) is 0 Å². The Morgan fingerprint density at radius 3 is 2.85 bits per heavy atom. The summed E-state index contributed by atoms with van der Waals surface area (Å²) in [5.41, 5.74) is 1.09. The standard InChI is InChI=1S/C21H31NO4/c1-4-24-11-10-21(23)22(18-7-5-6-15(2)16(18)3)13-17-8-9-19-20(12-17)26-14-25-19/h8-9,12,15-16,18H,4-7,10-11,13-14H2,1-3H3. The predicted molar refractivity (Wildman–Crippen MR) is 100 cm³/mol. The summed E-state index contributed by atoms with van der Waals surface area (Å²) in [4.78, 5) is 15.1. The van der Waals surface area contributed by atoms with Crippen LogP contribution in [0.2, 0.25) is 0 Å². The number of hydrogen-bond acceptors (Lipinski definition) is 4. The Balaban J connectivity index is 1.76. The van der Waals surface area contributed by atoms with E-state index in [0.29, 0.717) is 44.1 Å². The highest BCUT2D eigenvalue weighted by atomic mass is 16.7.